The molecule has 4 nitrogen and oxygen atoms in total. The van der Waals surface area contributed by atoms with Gasteiger partial charge in [-0.25, -0.2) is 0 Å². The molecule has 0 fully saturated rings. The zero-order chi connectivity index (χ0) is 22.7. The molecule has 0 aliphatic carbocycles. The van der Waals surface area contributed by atoms with Crippen LogP contribution in [0.5, 0.6) is 5.75 Å². The summed E-state index contributed by atoms with van der Waals surface area (Å²) in [5.41, 5.74) is 2.43. The van der Waals surface area contributed by atoms with Gasteiger partial charge in [-0.3, -0.25) is 9.36 Å². The van der Waals surface area contributed by atoms with Gasteiger partial charge in [0, 0.05) is 11.4 Å². The number of rotatable bonds is 3. The molecule has 1 unspecified atom stereocenters. The zero-order valence-electron chi connectivity index (χ0n) is 17.3. The summed E-state index contributed by atoms with van der Waals surface area (Å²) in [6.07, 6.45) is 5.47. The summed E-state index contributed by atoms with van der Waals surface area (Å²) in [7, 11) is 2.42. The number of aromatic hydroxyl groups is 1. The van der Waals surface area contributed by atoms with E-state index in [1.165, 1.54) is 16.7 Å². The Morgan fingerprint density at radius 3 is 2.43 bits per heavy atom. The fourth-order valence-electron chi connectivity index (χ4n) is 2.65. The Hall–Kier alpha value is -3.01. The highest BCUT2D eigenvalue weighted by Gasteiger charge is 2.05. The van der Waals surface area contributed by atoms with E-state index in [9.17, 15) is 9.90 Å². The van der Waals surface area contributed by atoms with Crippen molar-refractivity contribution in [2.24, 2.45) is 0 Å². The molecule has 0 bridgehead atoms. The van der Waals surface area contributed by atoms with Gasteiger partial charge in [0.15, 0.2) is 4.77 Å². The Balaban J connectivity index is 0.00000106. The molecule has 0 spiro atoms. The van der Waals surface area contributed by atoms with Crippen molar-refractivity contribution in [2.45, 2.75) is 6.92 Å². The van der Waals surface area contributed by atoms with Crippen LogP contribution in [0.4, 0.5) is 0 Å². The van der Waals surface area contributed by atoms with E-state index < -0.39 is 0 Å². The summed E-state index contributed by atoms with van der Waals surface area (Å²) in [4.78, 5) is 15.9. The number of hydrogen-bond acceptors (Lipinski definition) is 3. The molecule has 0 saturated heterocycles. The monoisotopic (exact) mass is 438 g/mol. The van der Waals surface area contributed by atoms with Crippen LogP contribution in [-0.4, -0.2) is 21.3 Å². The fourth-order valence-corrected chi connectivity index (χ4v) is 2.97. The van der Waals surface area contributed by atoms with Crippen LogP contribution in [0.15, 0.2) is 72.6 Å². The van der Waals surface area contributed by atoms with Crippen molar-refractivity contribution in [1.29, 1.82) is 0 Å². The Labute approximate surface area is 184 Å². The lowest BCUT2D eigenvalue weighted by molar-refractivity contribution is 0.475. The molecule has 0 aliphatic rings. The number of nitrogens with one attached hydrogen (secondary N) is 1. The van der Waals surface area contributed by atoms with Gasteiger partial charge < -0.3 is 10.1 Å². The second kappa shape index (κ2) is 12.5. The van der Waals surface area contributed by atoms with Gasteiger partial charge in [0.05, 0.1) is 10.9 Å². The first-order valence-corrected chi connectivity index (χ1v) is 10.7. The lowest BCUT2D eigenvalue weighted by Gasteiger charge is -2.06. The van der Waals surface area contributed by atoms with Gasteiger partial charge >= 0.3 is 0 Å². The lowest BCUT2D eigenvalue weighted by Crippen LogP contribution is -2.46. The van der Waals surface area contributed by atoms with E-state index in [2.05, 4.69) is 34.0 Å². The summed E-state index contributed by atoms with van der Waals surface area (Å²) in [6, 6.07) is 14.4. The normalized spacial score (nSPS) is 10.7. The third-order valence-electron chi connectivity index (χ3n) is 4.03. The first-order valence-electron chi connectivity index (χ1n) is 9.13. The van der Waals surface area contributed by atoms with Crippen molar-refractivity contribution < 1.29 is 5.11 Å². The minimum atomic E-state index is -0.293. The van der Waals surface area contributed by atoms with Crippen molar-refractivity contribution in [2.75, 3.05) is 6.66 Å². The average molecular weight is 439 g/mol. The third-order valence-corrected chi connectivity index (χ3v) is 4.32. The van der Waals surface area contributed by atoms with Gasteiger partial charge in [-0.1, -0.05) is 55.7 Å². The second-order valence-electron chi connectivity index (χ2n) is 5.87. The van der Waals surface area contributed by atoms with Gasteiger partial charge in [0.25, 0.3) is 5.56 Å². The van der Waals surface area contributed by atoms with E-state index in [0.717, 1.165) is 11.1 Å². The minimum Gasteiger partial charge on any atom is -0.508 e. The highest BCUT2D eigenvalue weighted by atomic mass is 32.1. The summed E-state index contributed by atoms with van der Waals surface area (Å²) in [6.45, 7) is 13.8. The molecule has 3 rings (SSSR count). The number of H-pyrrole nitrogens is 1. The smallest absolute Gasteiger partial charge is 0.266 e. The quantitative estimate of drug-likeness (QED) is 0.368. The van der Waals surface area contributed by atoms with Crippen LogP contribution in [0.2, 0.25) is 0 Å². The molecule has 1 aromatic heterocycles. The average Bonchev–Trinajstić information content (AvgIpc) is 2.74. The molecule has 3 aromatic rings. The Bertz CT molecular complexity index is 1240. The van der Waals surface area contributed by atoms with Gasteiger partial charge in [-0.15, -0.1) is 22.4 Å². The lowest BCUT2D eigenvalue weighted by atomic mass is 10.1. The molecule has 0 amide bonds. The first kappa shape index (κ1) is 25.0. The Morgan fingerprint density at radius 2 is 1.80 bits per heavy atom. The number of hydrogen-bond donors (Lipinski definition) is 2. The van der Waals surface area contributed by atoms with Gasteiger partial charge in [0.2, 0.25) is 0 Å². The maximum Gasteiger partial charge on any atom is 0.266 e. The molecule has 30 heavy (non-hydrogen) atoms. The van der Waals surface area contributed by atoms with Crippen molar-refractivity contribution in [3.8, 4) is 11.4 Å². The molecule has 2 aromatic carbocycles. The molecule has 0 saturated carbocycles. The number of nitrogens with zero attached hydrogens (tertiary/aromatic N) is 1. The van der Waals surface area contributed by atoms with Crippen LogP contribution in [0, 0.1) is 11.7 Å². The van der Waals surface area contributed by atoms with Crippen LogP contribution in [0.25, 0.3) is 24.4 Å². The number of phenols is 1. The Morgan fingerprint density at radius 1 is 1.13 bits per heavy atom. The number of aromatic nitrogens is 2. The molecular formula is C24H27N2O2PS. The van der Waals surface area contributed by atoms with Crippen molar-refractivity contribution in [1.82, 2.24) is 9.55 Å². The highest BCUT2D eigenvalue weighted by Crippen LogP contribution is 2.13. The molecule has 156 valence electrons. The number of phenolic OH excluding ortho intramolecular Hbond substituents is 1. The van der Waals surface area contributed by atoms with Crippen LogP contribution in [0.1, 0.15) is 11.1 Å². The van der Waals surface area contributed by atoms with Crippen LogP contribution in [0.3, 0.4) is 0 Å². The largest absolute Gasteiger partial charge is 0.508 e. The van der Waals surface area contributed by atoms with E-state index in [-0.39, 0.29) is 16.1 Å². The number of aryl methyl sites for hydroxylation is 1. The third kappa shape index (κ3) is 6.24. The highest BCUT2D eigenvalue weighted by molar-refractivity contribution is 7.71. The topological polar surface area (TPSA) is 58.0 Å². The van der Waals surface area contributed by atoms with Crippen molar-refractivity contribution in [3.05, 3.63) is 105 Å². The summed E-state index contributed by atoms with van der Waals surface area (Å²) in [5.74, 6) is 0.0625. The first-order chi connectivity index (χ1) is 14.5. The molecule has 0 radical (unpaired) electrons. The van der Waals surface area contributed by atoms with E-state index in [4.69, 9.17) is 12.2 Å². The summed E-state index contributed by atoms with van der Waals surface area (Å²) in [5, 5.41) is 10.5. The van der Waals surface area contributed by atoms with Gasteiger partial charge in [-0.05, 0) is 48.5 Å². The number of allylic oxidation sites excluding steroid dienone is 1. The standard InChI is InChI=1S/C21H18N2O2S.C2H4.CH5P/c1-14-7-3-4-8-16(14)9-5-12-19-15(2)22-21(26)23(20(19)25)17-10-6-11-18(24)13-17;2*1-2/h3-13,24H,2H2,1H3,(H,22,26);1-2H2;2H2,1H3/b9-5+,19-12-;;. The van der Waals surface area contributed by atoms with Crippen molar-refractivity contribution in [3.63, 3.8) is 0 Å². The fraction of sp³-hybridized carbons (Fsp3) is 0.0833. The maximum absolute atomic E-state index is 12.9. The predicted molar refractivity (Wildman–Crippen MR) is 135 cm³/mol. The maximum atomic E-state index is 12.9. The molecule has 1 heterocycles. The van der Waals surface area contributed by atoms with E-state index >= 15 is 0 Å². The number of benzene rings is 2. The van der Waals surface area contributed by atoms with E-state index in [0.29, 0.717) is 16.3 Å². The van der Waals surface area contributed by atoms with Crippen LogP contribution < -0.4 is 16.1 Å². The summed E-state index contributed by atoms with van der Waals surface area (Å²) < 4.78 is 1.57. The van der Waals surface area contributed by atoms with E-state index in [1.54, 1.807) is 18.2 Å². The zero-order valence-corrected chi connectivity index (χ0v) is 19.2. The van der Waals surface area contributed by atoms with Crippen LogP contribution in [-0.2, 0) is 0 Å². The molecule has 6 heteroatoms. The van der Waals surface area contributed by atoms with E-state index in [1.807, 2.05) is 50.0 Å². The molecule has 1 atom stereocenters. The Kier molecular flexibility index (Phi) is 10.5. The molecule has 2 N–H and O–H groups in total. The van der Waals surface area contributed by atoms with Gasteiger partial charge in [-0.2, -0.15) is 0 Å². The molecular weight excluding hydrogens is 411 g/mol. The molecule has 0 aliphatic heterocycles. The van der Waals surface area contributed by atoms with Crippen LogP contribution >= 0.6 is 21.5 Å². The number of aromatic amines is 1. The SMILES string of the molecule is C=C.C=c1[nH]c(=S)n(-c2cccc(O)c2)c(=O)/c1=C\C=C\c1ccccc1C.CP. The van der Waals surface area contributed by atoms with Gasteiger partial charge in [0.1, 0.15) is 5.75 Å². The summed E-state index contributed by atoms with van der Waals surface area (Å²) >= 11 is 5.27. The minimum absolute atomic E-state index is 0.0625. The second-order valence-corrected chi connectivity index (χ2v) is 6.25. The van der Waals surface area contributed by atoms with Crippen molar-refractivity contribution >= 4 is 40.2 Å². The predicted octanol–water partition coefficient (Wildman–Crippen LogP) is 4.11.